The molecule has 3 aromatic rings. The molecule has 2 aromatic heterocycles. The zero-order chi connectivity index (χ0) is 18.0. The van der Waals surface area contributed by atoms with Crippen LogP contribution in [0.1, 0.15) is 0 Å². The molecule has 0 saturated heterocycles. The zero-order valence-corrected chi connectivity index (χ0v) is 13.1. The van der Waals surface area contributed by atoms with E-state index in [0.29, 0.717) is 11.0 Å². The van der Waals surface area contributed by atoms with E-state index in [1.807, 2.05) is 0 Å². The maximum absolute atomic E-state index is 14.1. The van der Waals surface area contributed by atoms with Gasteiger partial charge in [-0.3, -0.25) is 10.4 Å². The van der Waals surface area contributed by atoms with Crippen LogP contribution in [-0.2, 0) is 0 Å². The molecule has 0 saturated carbocycles. The summed E-state index contributed by atoms with van der Waals surface area (Å²) in [4.78, 5) is 20.0. The summed E-state index contributed by atoms with van der Waals surface area (Å²) >= 11 is 0. The molecule has 0 aliphatic rings. The predicted molar refractivity (Wildman–Crippen MR) is 86.8 cm³/mol. The minimum atomic E-state index is -0.925. The number of methoxy groups -OCH3 is 1. The van der Waals surface area contributed by atoms with Crippen LogP contribution < -0.4 is 20.7 Å². The van der Waals surface area contributed by atoms with Gasteiger partial charge in [-0.1, -0.05) is 0 Å². The van der Waals surface area contributed by atoms with Gasteiger partial charge >= 0.3 is 6.03 Å². The highest BCUT2D eigenvalue weighted by atomic mass is 19.1. The molecular weight excluding hydrogens is 336 g/mol. The molecule has 0 atom stereocenters. The summed E-state index contributed by atoms with van der Waals surface area (Å²) < 4.78 is 33.0. The normalized spacial score (nSPS) is 10.6. The quantitative estimate of drug-likeness (QED) is 0.574. The number of ether oxygens (including phenoxy) is 1. The van der Waals surface area contributed by atoms with Crippen molar-refractivity contribution < 1.29 is 18.3 Å². The molecule has 2 heterocycles. The molecule has 25 heavy (non-hydrogen) atoms. The highest BCUT2D eigenvalue weighted by Crippen LogP contribution is 2.28. The Morgan fingerprint density at radius 2 is 2.04 bits per heavy atom. The molecule has 0 unspecified atom stereocenters. The topological polar surface area (TPSA) is 117 Å². The van der Waals surface area contributed by atoms with E-state index in [1.54, 1.807) is 0 Å². The summed E-state index contributed by atoms with van der Waals surface area (Å²) in [7, 11) is 2.86. The number of carbonyl (C=O) groups excluding carboxylic acids is 1. The highest BCUT2D eigenvalue weighted by molar-refractivity contribution is 6.05. The van der Waals surface area contributed by atoms with Crippen LogP contribution in [0.2, 0.25) is 0 Å². The Hall–Kier alpha value is -3.50. The fourth-order valence-electron chi connectivity index (χ4n) is 2.19. The number of anilines is 3. The number of benzene rings is 1. The van der Waals surface area contributed by atoms with E-state index in [0.717, 1.165) is 6.07 Å². The van der Waals surface area contributed by atoms with Gasteiger partial charge in [-0.05, 0) is 12.1 Å². The lowest BCUT2D eigenvalue weighted by molar-refractivity contribution is 0.262. The standard InChI is InChI=1S/C14H13F2N7O2/c1-17-7-4-3-6(15)10(9(7)16)20-14(24)21-11-8-12(19-5-18-11)22-23-13(8)25-2/h3-5,17H,1-2H3,(H3,18,19,20,21,22,23,24). The zero-order valence-electron chi connectivity index (χ0n) is 13.1. The molecule has 11 heteroatoms. The van der Waals surface area contributed by atoms with Gasteiger partial charge in [0, 0.05) is 7.05 Å². The largest absolute Gasteiger partial charge is 0.479 e. The number of aromatic amines is 1. The minimum absolute atomic E-state index is 0.0395. The van der Waals surface area contributed by atoms with Crippen LogP contribution in [0.3, 0.4) is 0 Å². The number of nitrogens with one attached hydrogen (secondary N) is 4. The number of amides is 2. The Kier molecular flexibility index (Phi) is 4.29. The molecular formula is C14H13F2N7O2. The number of rotatable bonds is 4. The highest BCUT2D eigenvalue weighted by Gasteiger charge is 2.18. The fourth-order valence-corrected chi connectivity index (χ4v) is 2.19. The molecule has 0 spiro atoms. The van der Waals surface area contributed by atoms with Crippen molar-refractivity contribution >= 4 is 34.3 Å². The van der Waals surface area contributed by atoms with Crippen molar-refractivity contribution in [3.05, 3.63) is 30.1 Å². The van der Waals surface area contributed by atoms with Crippen LogP contribution in [0.4, 0.5) is 30.8 Å². The molecule has 2 amide bonds. The molecule has 4 N–H and O–H groups in total. The van der Waals surface area contributed by atoms with Gasteiger partial charge in [-0.25, -0.2) is 23.5 Å². The van der Waals surface area contributed by atoms with E-state index < -0.39 is 23.4 Å². The molecule has 0 fully saturated rings. The van der Waals surface area contributed by atoms with Gasteiger partial charge in [0.25, 0.3) is 0 Å². The number of aromatic nitrogens is 4. The lowest BCUT2D eigenvalue weighted by Gasteiger charge is -2.11. The summed E-state index contributed by atoms with van der Waals surface area (Å²) in [6.45, 7) is 0. The first-order valence-electron chi connectivity index (χ1n) is 7.02. The van der Waals surface area contributed by atoms with E-state index in [1.165, 1.54) is 26.6 Å². The first-order chi connectivity index (χ1) is 12.0. The van der Waals surface area contributed by atoms with Crippen LogP contribution >= 0.6 is 0 Å². The van der Waals surface area contributed by atoms with Gasteiger partial charge in [-0.2, -0.15) is 0 Å². The third-order valence-electron chi connectivity index (χ3n) is 3.35. The Morgan fingerprint density at radius 3 is 2.76 bits per heavy atom. The summed E-state index contributed by atoms with van der Waals surface area (Å²) in [5.74, 6) is -1.61. The summed E-state index contributed by atoms with van der Waals surface area (Å²) in [5.41, 5.74) is -0.219. The van der Waals surface area contributed by atoms with Crippen LogP contribution in [-0.4, -0.2) is 40.4 Å². The van der Waals surface area contributed by atoms with E-state index >= 15 is 0 Å². The number of carbonyl (C=O) groups is 1. The minimum Gasteiger partial charge on any atom is -0.479 e. The second kappa shape index (κ2) is 6.55. The predicted octanol–water partition coefficient (Wildman–Crippen LogP) is 2.33. The maximum Gasteiger partial charge on any atom is 0.325 e. The molecule has 0 aliphatic heterocycles. The molecule has 9 nitrogen and oxygen atoms in total. The summed E-state index contributed by atoms with van der Waals surface area (Å²) in [5, 5.41) is 13.9. The lowest BCUT2D eigenvalue weighted by atomic mass is 10.2. The van der Waals surface area contributed by atoms with Gasteiger partial charge in [0.05, 0.1) is 12.8 Å². The van der Waals surface area contributed by atoms with Crippen LogP contribution in [0.15, 0.2) is 18.5 Å². The molecule has 3 rings (SSSR count). The number of urea groups is 1. The first kappa shape index (κ1) is 16.4. The van der Waals surface area contributed by atoms with Crippen LogP contribution in [0.25, 0.3) is 11.0 Å². The van der Waals surface area contributed by atoms with Gasteiger partial charge < -0.3 is 15.4 Å². The molecule has 0 radical (unpaired) electrons. The van der Waals surface area contributed by atoms with Crippen molar-refractivity contribution in [2.75, 3.05) is 30.1 Å². The first-order valence-corrected chi connectivity index (χ1v) is 7.02. The van der Waals surface area contributed by atoms with Crippen molar-refractivity contribution in [3.8, 4) is 5.88 Å². The van der Waals surface area contributed by atoms with Crippen LogP contribution in [0.5, 0.6) is 5.88 Å². The van der Waals surface area contributed by atoms with Crippen LogP contribution in [0, 0.1) is 11.6 Å². The number of H-pyrrole nitrogens is 1. The number of nitrogens with zero attached hydrogens (tertiary/aromatic N) is 3. The molecule has 130 valence electrons. The Balaban J connectivity index is 1.88. The van der Waals surface area contributed by atoms with Crippen molar-refractivity contribution in [3.63, 3.8) is 0 Å². The number of fused-ring (bicyclic) bond motifs is 1. The average Bonchev–Trinajstić information content (AvgIpc) is 3.03. The van der Waals surface area contributed by atoms with E-state index in [-0.39, 0.29) is 17.4 Å². The number of halogens is 2. The number of hydrogen-bond acceptors (Lipinski definition) is 6. The van der Waals surface area contributed by atoms with E-state index in [4.69, 9.17) is 4.74 Å². The maximum atomic E-state index is 14.1. The Labute approximate surface area is 139 Å². The number of hydrogen-bond donors (Lipinski definition) is 4. The van der Waals surface area contributed by atoms with E-state index in [9.17, 15) is 13.6 Å². The average molecular weight is 349 g/mol. The smallest absolute Gasteiger partial charge is 0.325 e. The monoisotopic (exact) mass is 349 g/mol. The summed E-state index contributed by atoms with van der Waals surface area (Å²) in [6, 6.07) is 1.36. The van der Waals surface area contributed by atoms with Gasteiger partial charge in [0.2, 0.25) is 5.88 Å². The Bertz CT molecular complexity index is 944. The molecule has 0 bridgehead atoms. The molecule has 1 aromatic carbocycles. The Morgan fingerprint density at radius 1 is 1.24 bits per heavy atom. The third kappa shape index (κ3) is 2.98. The van der Waals surface area contributed by atoms with Crippen molar-refractivity contribution in [1.29, 1.82) is 0 Å². The van der Waals surface area contributed by atoms with Gasteiger partial charge in [0.1, 0.15) is 23.2 Å². The lowest BCUT2D eigenvalue weighted by Crippen LogP contribution is -2.22. The van der Waals surface area contributed by atoms with Gasteiger partial charge in [0.15, 0.2) is 17.3 Å². The van der Waals surface area contributed by atoms with Gasteiger partial charge in [-0.15, -0.1) is 5.10 Å². The second-order valence-corrected chi connectivity index (χ2v) is 4.79. The van der Waals surface area contributed by atoms with Crippen molar-refractivity contribution in [1.82, 2.24) is 20.2 Å². The third-order valence-corrected chi connectivity index (χ3v) is 3.35. The van der Waals surface area contributed by atoms with Crippen molar-refractivity contribution in [2.45, 2.75) is 0 Å². The fraction of sp³-hybridized carbons (Fsp3) is 0.143. The summed E-state index contributed by atoms with van der Waals surface area (Å²) in [6.07, 6.45) is 1.19. The second-order valence-electron chi connectivity index (χ2n) is 4.79. The SMILES string of the molecule is CNc1ccc(F)c(NC(=O)Nc2ncnc3[nH]nc(OC)c23)c1F. The molecule has 0 aliphatic carbocycles. The van der Waals surface area contributed by atoms with E-state index in [2.05, 4.69) is 36.1 Å². The van der Waals surface area contributed by atoms with Crippen molar-refractivity contribution in [2.24, 2.45) is 0 Å².